The highest BCUT2D eigenvalue weighted by atomic mass is 127. The lowest BCUT2D eigenvalue weighted by molar-refractivity contribution is 1.16. The van der Waals surface area contributed by atoms with E-state index in [2.05, 4.69) is 106 Å². The van der Waals surface area contributed by atoms with Gasteiger partial charge in [0.25, 0.3) is 0 Å². The van der Waals surface area contributed by atoms with Crippen LogP contribution in [0.2, 0.25) is 0 Å². The van der Waals surface area contributed by atoms with Crippen molar-refractivity contribution in [1.29, 1.82) is 0 Å². The maximum absolute atomic E-state index is 2.32. The molecule has 1 heterocycles. The number of fused-ring (bicyclic) bond motifs is 2. The molecule has 0 unspecified atom stereocenters. The standard InChI is InChI=1S/C12H8S2.C6H4I2.H2S/c1-2-6-10-9(5-1)13-11-7-3-4-8-12(11)14-10;7-5-3-1-2-4-6(5)8;/h1-8H;1-4H;1H2. The molecule has 5 heteroatoms. The minimum absolute atomic E-state index is 0. The van der Waals surface area contributed by atoms with E-state index in [4.69, 9.17) is 0 Å². The van der Waals surface area contributed by atoms with Gasteiger partial charge in [0.2, 0.25) is 0 Å². The third-order valence-corrected chi connectivity index (χ3v) is 8.44. The van der Waals surface area contributed by atoms with Gasteiger partial charge >= 0.3 is 0 Å². The van der Waals surface area contributed by atoms with Crippen LogP contribution in [0.3, 0.4) is 0 Å². The second-order valence-corrected chi connectivity index (χ2v) is 9.00. The van der Waals surface area contributed by atoms with E-state index < -0.39 is 0 Å². The number of rotatable bonds is 0. The molecule has 0 bridgehead atoms. The molecule has 3 aromatic carbocycles. The fourth-order valence-corrected chi connectivity index (χ4v) is 4.92. The molecule has 0 aliphatic carbocycles. The van der Waals surface area contributed by atoms with E-state index >= 15 is 0 Å². The van der Waals surface area contributed by atoms with Crippen molar-refractivity contribution in [2.24, 2.45) is 0 Å². The van der Waals surface area contributed by atoms with Gasteiger partial charge in [-0.2, -0.15) is 13.5 Å². The average molecular weight is 580 g/mol. The summed E-state index contributed by atoms with van der Waals surface area (Å²) in [4.78, 5) is 5.49. The van der Waals surface area contributed by atoms with Crippen LogP contribution in [0.5, 0.6) is 0 Å². The van der Waals surface area contributed by atoms with Gasteiger partial charge in [-0.15, -0.1) is 0 Å². The summed E-state index contributed by atoms with van der Waals surface area (Å²) in [6.07, 6.45) is 0. The topological polar surface area (TPSA) is 0 Å². The first kappa shape index (κ1) is 19.5. The maximum atomic E-state index is 2.32. The van der Waals surface area contributed by atoms with Crippen LogP contribution in [0.25, 0.3) is 0 Å². The van der Waals surface area contributed by atoms with E-state index in [1.807, 2.05) is 35.7 Å². The molecular formula is C18H14I2S3. The van der Waals surface area contributed by atoms with Gasteiger partial charge < -0.3 is 0 Å². The van der Waals surface area contributed by atoms with Gasteiger partial charge in [0.1, 0.15) is 0 Å². The van der Waals surface area contributed by atoms with Gasteiger partial charge in [0.05, 0.1) is 0 Å². The molecule has 0 fully saturated rings. The molecule has 0 radical (unpaired) electrons. The lowest BCUT2D eigenvalue weighted by Gasteiger charge is -2.17. The largest absolute Gasteiger partial charge is 0.197 e. The highest BCUT2D eigenvalue weighted by Gasteiger charge is 2.14. The van der Waals surface area contributed by atoms with Gasteiger partial charge in [-0.05, 0) is 81.6 Å². The van der Waals surface area contributed by atoms with Gasteiger partial charge in [-0.3, -0.25) is 0 Å². The predicted molar refractivity (Wildman–Crippen MR) is 123 cm³/mol. The second kappa shape index (κ2) is 9.60. The van der Waals surface area contributed by atoms with Gasteiger partial charge in [-0.25, -0.2) is 0 Å². The SMILES string of the molecule is Ic1ccccc1I.S.c1ccc2c(c1)Sc1ccccc1S2. The van der Waals surface area contributed by atoms with Crippen LogP contribution < -0.4 is 0 Å². The van der Waals surface area contributed by atoms with Crippen molar-refractivity contribution in [2.75, 3.05) is 0 Å². The fourth-order valence-electron chi connectivity index (χ4n) is 1.91. The Morgan fingerprint density at radius 1 is 0.478 bits per heavy atom. The molecule has 0 atom stereocenters. The Morgan fingerprint density at radius 3 is 1.00 bits per heavy atom. The summed E-state index contributed by atoms with van der Waals surface area (Å²) in [5, 5.41) is 0. The normalized spacial score (nSPS) is 11.2. The van der Waals surface area contributed by atoms with Crippen LogP contribution in [-0.4, -0.2) is 0 Å². The van der Waals surface area contributed by atoms with E-state index in [9.17, 15) is 0 Å². The number of hydrogen-bond donors (Lipinski definition) is 0. The first-order chi connectivity index (χ1) is 10.7. The smallest absolute Gasteiger partial charge is 0.0263 e. The first-order valence-electron chi connectivity index (χ1n) is 6.68. The first-order valence-corrected chi connectivity index (χ1v) is 10.5. The fraction of sp³-hybridized carbons (Fsp3) is 0. The molecule has 4 rings (SSSR count). The molecule has 0 saturated heterocycles. The van der Waals surface area contributed by atoms with Gasteiger partial charge in [-0.1, -0.05) is 59.9 Å². The summed E-state index contributed by atoms with van der Waals surface area (Å²) in [5.41, 5.74) is 0. The Bertz CT molecular complexity index is 682. The highest BCUT2D eigenvalue weighted by Crippen LogP contribution is 2.47. The molecule has 118 valence electrons. The van der Waals surface area contributed by atoms with Crippen molar-refractivity contribution in [3.8, 4) is 0 Å². The van der Waals surface area contributed by atoms with E-state index in [1.165, 1.54) is 26.7 Å². The molecule has 1 aliphatic heterocycles. The van der Waals surface area contributed by atoms with Gasteiger partial charge in [0, 0.05) is 26.7 Å². The molecule has 0 aromatic heterocycles. The Balaban J connectivity index is 0.000000185. The van der Waals surface area contributed by atoms with E-state index in [0.717, 1.165) is 0 Å². The van der Waals surface area contributed by atoms with Crippen LogP contribution in [0.1, 0.15) is 0 Å². The Kier molecular flexibility index (Phi) is 8.14. The Labute approximate surface area is 180 Å². The molecule has 1 aliphatic rings. The molecule has 0 amide bonds. The second-order valence-electron chi connectivity index (χ2n) is 4.51. The molecule has 3 aromatic rings. The monoisotopic (exact) mass is 580 g/mol. The van der Waals surface area contributed by atoms with Crippen molar-refractivity contribution in [1.82, 2.24) is 0 Å². The number of hydrogen-bond acceptors (Lipinski definition) is 2. The van der Waals surface area contributed by atoms with Crippen LogP contribution in [0.15, 0.2) is 92.4 Å². The third kappa shape index (κ3) is 5.32. The predicted octanol–water partition coefficient (Wildman–Crippen LogP) is 7.31. The zero-order chi connectivity index (χ0) is 15.4. The van der Waals surface area contributed by atoms with Crippen LogP contribution in [0, 0.1) is 7.14 Å². The van der Waals surface area contributed by atoms with Gasteiger partial charge in [0.15, 0.2) is 0 Å². The zero-order valence-electron chi connectivity index (χ0n) is 12.0. The van der Waals surface area contributed by atoms with E-state index in [0.29, 0.717) is 0 Å². The van der Waals surface area contributed by atoms with E-state index in [1.54, 1.807) is 0 Å². The summed E-state index contributed by atoms with van der Waals surface area (Å²) in [7, 11) is 0. The molecule has 0 N–H and O–H groups in total. The van der Waals surface area contributed by atoms with Crippen molar-refractivity contribution in [3.05, 3.63) is 79.9 Å². The minimum atomic E-state index is 0. The van der Waals surface area contributed by atoms with Crippen molar-refractivity contribution in [2.45, 2.75) is 19.6 Å². The summed E-state index contributed by atoms with van der Waals surface area (Å²) in [6, 6.07) is 25.4. The molecule has 0 nitrogen and oxygen atoms in total. The molecular weight excluding hydrogens is 566 g/mol. The Morgan fingerprint density at radius 2 is 0.739 bits per heavy atom. The van der Waals surface area contributed by atoms with E-state index in [-0.39, 0.29) is 13.5 Å². The molecule has 0 saturated carbocycles. The third-order valence-electron chi connectivity index (χ3n) is 2.96. The summed E-state index contributed by atoms with van der Waals surface area (Å²) < 4.78 is 2.65. The Hall–Kier alpha value is 0.170. The number of halogens is 2. The zero-order valence-corrected chi connectivity index (χ0v) is 18.9. The lowest BCUT2D eigenvalue weighted by atomic mass is 10.3. The summed E-state index contributed by atoms with van der Waals surface area (Å²) in [5.74, 6) is 0. The highest BCUT2D eigenvalue weighted by molar-refractivity contribution is 14.1. The van der Waals surface area contributed by atoms with Crippen molar-refractivity contribution < 1.29 is 0 Å². The average Bonchev–Trinajstić information content (AvgIpc) is 2.56. The van der Waals surface area contributed by atoms with Crippen LogP contribution in [0.4, 0.5) is 0 Å². The summed E-state index contributed by atoms with van der Waals surface area (Å²) in [6.45, 7) is 0. The van der Waals surface area contributed by atoms with Crippen molar-refractivity contribution >= 4 is 82.2 Å². The quantitative estimate of drug-likeness (QED) is 0.200. The minimum Gasteiger partial charge on any atom is -0.197 e. The van der Waals surface area contributed by atoms with Crippen molar-refractivity contribution in [3.63, 3.8) is 0 Å². The lowest BCUT2D eigenvalue weighted by Crippen LogP contribution is -1.87. The number of benzene rings is 3. The molecule has 0 spiro atoms. The summed E-state index contributed by atoms with van der Waals surface area (Å²) >= 11 is 8.36. The van der Waals surface area contributed by atoms with Crippen LogP contribution >= 0.6 is 82.2 Å². The van der Waals surface area contributed by atoms with Crippen LogP contribution in [-0.2, 0) is 0 Å². The molecule has 23 heavy (non-hydrogen) atoms. The maximum Gasteiger partial charge on any atom is 0.0263 e.